The van der Waals surface area contributed by atoms with Crippen LogP contribution in [0, 0.1) is 0 Å². The molecule has 5 nitrogen and oxygen atoms in total. The molecule has 0 saturated carbocycles. The Bertz CT molecular complexity index is 1020. The minimum absolute atomic E-state index is 0. The number of halogens is 1. The van der Waals surface area contributed by atoms with Gasteiger partial charge in [-0.3, -0.25) is 4.79 Å². The highest BCUT2D eigenvalue weighted by molar-refractivity contribution is 8.93. The largest absolute Gasteiger partial charge is 0.493 e. The number of hydrogen-bond acceptors (Lipinski definition) is 5. The molecule has 0 atom stereocenters. The molecule has 0 aromatic heterocycles. The van der Waals surface area contributed by atoms with E-state index in [1.165, 1.54) is 70.6 Å². The number of para-hydroxylation sites is 1. The summed E-state index contributed by atoms with van der Waals surface area (Å²) in [6.07, 6.45) is 18.2. The number of methoxy groups -OCH3 is 1. The first kappa shape index (κ1) is 34.1. The summed E-state index contributed by atoms with van der Waals surface area (Å²) in [5.74, 6) is 2.33. The molecule has 0 spiro atoms. The number of rotatable bonds is 20. The summed E-state index contributed by atoms with van der Waals surface area (Å²) in [7, 11) is 1.66. The Morgan fingerprint density at radius 3 is 2.23 bits per heavy atom. The molecule has 1 aliphatic rings. The third kappa shape index (κ3) is 13.0. The number of carbonyl (C=O) groups is 1. The Balaban J connectivity index is 0.00000560. The Morgan fingerprint density at radius 2 is 1.57 bits per heavy atom. The van der Waals surface area contributed by atoms with Crippen LogP contribution in [-0.4, -0.2) is 30.4 Å². The fraction of sp³-hybridized carbons (Fsp3) is 0.545. The Kier molecular flexibility index (Phi) is 17.6. The predicted molar refractivity (Wildman–Crippen MR) is 176 cm³/mol. The van der Waals surface area contributed by atoms with E-state index in [4.69, 9.17) is 9.47 Å². The van der Waals surface area contributed by atoms with Gasteiger partial charge < -0.3 is 19.7 Å². The lowest BCUT2D eigenvalue weighted by Crippen LogP contribution is -2.18. The van der Waals surface area contributed by atoms with Gasteiger partial charge in [0.15, 0.2) is 11.5 Å². The highest BCUT2D eigenvalue weighted by Gasteiger charge is 2.13. The molecule has 1 N–H and O–H groups in total. The number of ether oxygens (including phenoxy) is 2. The number of anilines is 1. The lowest BCUT2D eigenvalue weighted by Gasteiger charge is -2.18. The van der Waals surface area contributed by atoms with Gasteiger partial charge in [0.2, 0.25) is 5.91 Å². The summed E-state index contributed by atoms with van der Waals surface area (Å²) in [6.45, 7) is 3.72. The van der Waals surface area contributed by atoms with E-state index in [1.54, 1.807) is 18.9 Å². The molecule has 1 heterocycles. The Morgan fingerprint density at radius 1 is 0.900 bits per heavy atom. The average Bonchev–Trinajstić information content (AvgIpc) is 3.46. The Hall–Kier alpha value is -2.12. The van der Waals surface area contributed by atoms with Crippen LogP contribution >= 0.6 is 28.7 Å². The third-order valence-corrected chi connectivity index (χ3v) is 7.92. The zero-order valence-corrected chi connectivity index (χ0v) is 27.0. The van der Waals surface area contributed by atoms with Crippen molar-refractivity contribution in [1.29, 1.82) is 0 Å². The van der Waals surface area contributed by atoms with Gasteiger partial charge in [-0.2, -0.15) is 0 Å². The summed E-state index contributed by atoms with van der Waals surface area (Å²) in [5, 5.41) is 5.21. The molecule has 1 amide bonds. The summed E-state index contributed by atoms with van der Waals surface area (Å²) in [5.41, 5.74) is 2.89. The monoisotopic (exact) mass is 632 g/mol. The van der Waals surface area contributed by atoms with Crippen molar-refractivity contribution in [2.24, 2.45) is 0 Å². The van der Waals surface area contributed by atoms with E-state index in [9.17, 15) is 4.79 Å². The molecule has 222 valence electrons. The third-order valence-electron chi connectivity index (χ3n) is 7.12. The van der Waals surface area contributed by atoms with Crippen LogP contribution in [-0.2, 0) is 17.8 Å². The SMILES string of the molecule is Br.CCCCCCCCCCCCCCOc1cc(CC(=O)Nc2ccccc2CN2C=CSC2)ccc1OC. The lowest BCUT2D eigenvalue weighted by atomic mass is 10.1. The van der Waals surface area contributed by atoms with Gasteiger partial charge in [-0.1, -0.05) is 102 Å². The van der Waals surface area contributed by atoms with Crippen LogP contribution in [0.25, 0.3) is 0 Å². The molecule has 2 aromatic rings. The van der Waals surface area contributed by atoms with E-state index in [2.05, 4.69) is 34.8 Å². The van der Waals surface area contributed by atoms with Crippen molar-refractivity contribution in [2.45, 2.75) is 96.9 Å². The zero-order chi connectivity index (χ0) is 27.5. The Labute approximate surface area is 257 Å². The van der Waals surface area contributed by atoms with Gasteiger partial charge in [-0.15, -0.1) is 28.7 Å². The molecule has 3 rings (SSSR count). The molecule has 2 aromatic carbocycles. The van der Waals surface area contributed by atoms with Crippen molar-refractivity contribution in [3.05, 3.63) is 65.2 Å². The molecule has 0 fully saturated rings. The second-order valence-corrected chi connectivity index (χ2v) is 11.3. The fourth-order valence-electron chi connectivity index (χ4n) is 4.86. The molecular formula is C33H49BrN2O3S. The van der Waals surface area contributed by atoms with Gasteiger partial charge in [-0.25, -0.2) is 0 Å². The van der Waals surface area contributed by atoms with Gasteiger partial charge in [0.1, 0.15) is 0 Å². The molecule has 1 aliphatic heterocycles. The minimum atomic E-state index is -0.0362. The highest BCUT2D eigenvalue weighted by Crippen LogP contribution is 2.29. The number of benzene rings is 2. The van der Waals surface area contributed by atoms with Crippen molar-refractivity contribution in [3.8, 4) is 11.5 Å². The van der Waals surface area contributed by atoms with Crippen molar-refractivity contribution in [1.82, 2.24) is 4.90 Å². The van der Waals surface area contributed by atoms with E-state index in [0.717, 1.165) is 35.7 Å². The highest BCUT2D eigenvalue weighted by atomic mass is 79.9. The lowest BCUT2D eigenvalue weighted by molar-refractivity contribution is -0.115. The number of amides is 1. The van der Waals surface area contributed by atoms with Gasteiger partial charge in [0.05, 0.1) is 26.0 Å². The van der Waals surface area contributed by atoms with Crippen LogP contribution in [0.2, 0.25) is 0 Å². The average molecular weight is 634 g/mol. The normalized spacial score (nSPS) is 12.3. The smallest absolute Gasteiger partial charge is 0.228 e. The first-order valence-electron chi connectivity index (χ1n) is 14.9. The van der Waals surface area contributed by atoms with Gasteiger partial charge >= 0.3 is 0 Å². The zero-order valence-electron chi connectivity index (χ0n) is 24.5. The quantitative estimate of drug-likeness (QED) is 0.147. The number of nitrogens with zero attached hydrogens (tertiary/aromatic N) is 1. The van der Waals surface area contributed by atoms with Gasteiger partial charge in [-0.05, 0) is 41.2 Å². The summed E-state index contributed by atoms with van der Waals surface area (Å²) in [4.78, 5) is 15.1. The van der Waals surface area contributed by atoms with E-state index in [-0.39, 0.29) is 29.3 Å². The maximum Gasteiger partial charge on any atom is 0.228 e. The van der Waals surface area contributed by atoms with E-state index < -0.39 is 0 Å². The fourth-order valence-corrected chi connectivity index (χ4v) is 5.57. The molecular weight excluding hydrogens is 584 g/mol. The van der Waals surface area contributed by atoms with Gasteiger partial charge in [0.25, 0.3) is 0 Å². The molecule has 40 heavy (non-hydrogen) atoms. The number of nitrogens with one attached hydrogen (secondary N) is 1. The number of hydrogen-bond donors (Lipinski definition) is 1. The first-order chi connectivity index (χ1) is 19.2. The molecule has 0 aliphatic carbocycles. The second-order valence-electron chi connectivity index (χ2n) is 10.4. The van der Waals surface area contributed by atoms with Crippen LogP contribution < -0.4 is 14.8 Å². The molecule has 0 unspecified atom stereocenters. The van der Waals surface area contributed by atoms with Crippen molar-refractivity contribution in [2.75, 3.05) is 24.9 Å². The van der Waals surface area contributed by atoms with Crippen molar-refractivity contribution < 1.29 is 14.3 Å². The summed E-state index contributed by atoms with van der Waals surface area (Å²) < 4.78 is 11.6. The standard InChI is InChI=1S/C33H48N2O3S.BrH/c1-3-4-5-6-7-8-9-10-11-12-13-16-22-38-32-24-28(19-20-31(32)37-2)25-33(36)34-30-18-15-14-17-29(30)26-35-21-23-39-27-35;/h14-15,17-21,23-24H,3-13,16,22,25-27H2,1-2H3,(H,34,36);1H. The van der Waals surface area contributed by atoms with Crippen molar-refractivity contribution in [3.63, 3.8) is 0 Å². The van der Waals surface area contributed by atoms with E-state index in [0.29, 0.717) is 18.1 Å². The maximum absolute atomic E-state index is 12.9. The van der Waals surface area contributed by atoms with Crippen LogP contribution in [0.1, 0.15) is 95.1 Å². The number of unbranched alkanes of at least 4 members (excludes halogenated alkanes) is 11. The summed E-state index contributed by atoms with van der Waals surface area (Å²) >= 11 is 1.78. The van der Waals surface area contributed by atoms with Crippen LogP contribution in [0.5, 0.6) is 11.5 Å². The van der Waals surface area contributed by atoms with E-state index >= 15 is 0 Å². The molecule has 0 saturated heterocycles. The number of thioether (sulfide) groups is 1. The topological polar surface area (TPSA) is 50.8 Å². The molecule has 0 radical (unpaired) electrons. The van der Waals surface area contributed by atoms with Gasteiger partial charge in [0, 0.05) is 18.4 Å². The minimum Gasteiger partial charge on any atom is -0.493 e. The van der Waals surface area contributed by atoms with Crippen LogP contribution in [0.15, 0.2) is 54.1 Å². The predicted octanol–water partition coefficient (Wildman–Crippen LogP) is 9.51. The summed E-state index contributed by atoms with van der Waals surface area (Å²) in [6, 6.07) is 13.8. The first-order valence-corrected chi connectivity index (χ1v) is 15.9. The van der Waals surface area contributed by atoms with Crippen LogP contribution in [0.3, 0.4) is 0 Å². The molecule has 7 heteroatoms. The maximum atomic E-state index is 12.9. The van der Waals surface area contributed by atoms with Crippen LogP contribution in [0.4, 0.5) is 5.69 Å². The van der Waals surface area contributed by atoms with E-state index in [1.807, 2.05) is 36.4 Å². The second kappa shape index (κ2) is 20.7. The van der Waals surface area contributed by atoms with Crippen molar-refractivity contribution >= 4 is 40.3 Å². The number of carbonyl (C=O) groups excluding carboxylic acids is 1. The molecule has 0 bridgehead atoms.